The van der Waals surface area contributed by atoms with Crippen molar-refractivity contribution in [3.8, 4) is 35.2 Å². The van der Waals surface area contributed by atoms with Crippen molar-refractivity contribution in [3.63, 3.8) is 0 Å². The van der Waals surface area contributed by atoms with Crippen molar-refractivity contribution in [1.82, 2.24) is 19.8 Å². The zero-order chi connectivity index (χ0) is 33.0. The van der Waals surface area contributed by atoms with Gasteiger partial charge in [0.05, 0.1) is 39.4 Å². The molecule has 5 heterocycles. The number of hydrogen-bond donors (Lipinski definition) is 1. The zero-order valence-corrected chi connectivity index (χ0v) is 25.9. The van der Waals surface area contributed by atoms with Crippen LogP contribution in [0.4, 0.5) is 18.2 Å². The summed E-state index contributed by atoms with van der Waals surface area (Å²) in [5.74, 6) is -1.88. The Labute approximate surface area is 271 Å². The maximum absolute atomic E-state index is 16.9. The number of amides is 1. The largest absolute Gasteiger partial charge is 0.472 e. The van der Waals surface area contributed by atoms with E-state index in [-0.39, 0.29) is 79.2 Å². The Hall–Kier alpha value is -4.92. The van der Waals surface area contributed by atoms with Crippen LogP contribution in [0.5, 0.6) is 11.9 Å². The van der Waals surface area contributed by atoms with E-state index in [1.807, 2.05) is 12.1 Å². The third kappa shape index (κ3) is 5.08. The van der Waals surface area contributed by atoms with Gasteiger partial charge in [0.25, 0.3) is 0 Å². The number of alkyl halides is 1. The minimum atomic E-state index is -0.986. The molecular formula is C33H28F3N7O3S. The fraction of sp³-hybridized carbons (Fsp3) is 0.364. The molecule has 1 amide bonds. The predicted octanol–water partition coefficient (Wildman–Crippen LogP) is 5.24. The standard InChI is InChI=1S/C33H28F3N7O3S/c1-2-24(44)42-9-6-19(15-42)46-31-21-10-17(12-37)25(20-4-5-23(35)29-26(20)22(13-38)30(39)47-29)27(36)28(21)40-32(41-31)45-16-33-7-3-8-43(33)14-18(34)11-33/h2,4-5,10,18-19H,1,3,6-9,11,14-16,39H2. The van der Waals surface area contributed by atoms with Gasteiger partial charge in [0.1, 0.15) is 41.3 Å². The van der Waals surface area contributed by atoms with E-state index in [4.69, 9.17) is 15.2 Å². The van der Waals surface area contributed by atoms with Crippen LogP contribution in [-0.4, -0.2) is 76.3 Å². The number of carbonyl (C=O) groups is 1. The van der Waals surface area contributed by atoms with E-state index in [1.54, 1.807) is 4.90 Å². The van der Waals surface area contributed by atoms with Gasteiger partial charge in [-0.25, -0.2) is 13.2 Å². The molecule has 0 spiro atoms. The fourth-order valence-electron chi connectivity index (χ4n) is 7.15. The number of likely N-dealkylation sites (tertiary alicyclic amines) is 1. The van der Waals surface area contributed by atoms with Crippen LogP contribution >= 0.6 is 11.3 Å². The van der Waals surface area contributed by atoms with Gasteiger partial charge in [-0.05, 0) is 43.2 Å². The van der Waals surface area contributed by atoms with Crippen molar-refractivity contribution in [2.75, 3.05) is 38.5 Å². The van der Waals surface area contributed by atoms with E-state index in [1.165, 1.54) is 18.2 Å². The normalized spacial score (nSPS) is 22.4. The van der Waals surface area contributed by atoms with Crippen molar-refractivity contribution < 1.29 is 27.4 Å². The number of nitrogen functional groups attached to an aromatic ring is 1. The van der Waals surface area contributed by atoms with Gasteiger partial charge in [-0.1, -0.05) is 12.6 Å². The predicted molar refractivity (Wildman–Crippen MR) is 168 cm³/mol. The number of nitriles is 2. The van der Waals surface area contributed by atoms with E-state index >= 15 is 4.39 Å². The van der Waals surface area contributed by atoms with Crippen molar-refractivity contribution in [3.05, 3.63) is 53.6 Å². The molecule has 10 nitrogen and oxygen atoms in total. The lowest BCUT2D eigenvalue weighted by Crippen LogP contribution is -2.43. The number of nitrogens with two attached hydrogens (primary N) is 1. The molecule has 0 radical (unpaired) electrons. The van der Waals surface area contributed by atoms with Crippen LogP contribution in [0.1, 0.15) is 36.8 Å². The van der Waals surface area contributed by atoms with Crippen LogP contribution in [0.15, 0.2) is 30.9 Å². The monoisotopic (exact) mass is 659 g/mol. The van der Waals surface area contributed by atoms with Crippen molar-refractivity contribution in [2.45, 2.75) is 43.5 Å². The van der Waals surface area contributed by atoms with Crippen LogP contribution < -0.4 is 15.2 Å². The molecule has 0 aliphatic carbocycles. The Kier molecular flexibility index (Phi) is 7.65. The number of nitrogens with zero attached hydrogens (tertiary/aromatic N) is 6. The highest BCUT2D eigenvalue weighted by atomic mass is 32.1. The van der Waals surface area contributed by atoms with Gasteiger partial charge in [0.2, 0.25) is 11.8 Å². The quantitative estimate of drug-likeness (QED) is 0.264. The van der Waals surface area contributed by atoms with Crippen molar-refractivity contribution in [1.29, 1.82) is 10.5 Å². The molecule has 3 unspecified atom stereocenters. The van der Waals surface area contributed by atoms with Gasteiger partial charge in [-0.15, -0.1) is 11.3 Å². The summed E-state index contributed by atoms with van der Waals surface area (Å²) in [6.07, 6.45) is 2.11. The highest BCUT2D eigenvalue weighted by Gasteiger charge is 2.49. The summed E-state index contributed by atoms with van der Waals surface area (Å²) < 4.78 is 58.6. The number of carbonyl (C=O) groups excluding carboxylic acids is 1. The van der Waals surface area contributed by atoms with Crippen LogP contribution in [0.2, 0.25) is 0 Å². The minimum Gasteiger partial charge on any atom is -0.472 e. The highest BCUT2D eigenvalue weighted by molar-refractivity contribution is 7.23. The van der Waals surface area contributed by atoms with Gasteiger partial charge in [0.15, 0.2) is 5.82 Å². The molecule has 3 aliphatic heterocycles. The van der Waals surface area contributed by atoms with Crippen LogP contribution in [0, 0.1) is 34.3 Å². The van der Waals surface area contributed by atoms with E-state index in [0.29, 0.717) is 25.9 Å². The summed E-state index contributed by atoms with van der Waals surface area (Å²) >= 11 is 0.858. The molecule has 3 aliphatic rings. The number of thiophene rings is 1. The summed E-state index contributed by atoms with van der Waals surface area (Å²) in [5, 5.41) is 20.3. The van der Waals surface area contributed by atoms with Crippen LogP contribution in [-0.2, 0) is 4.79 Å². The molecular weight excluding hydrogens is 631 g/mol. The Morgan fingerprint density at radius 2 is 2.06 bits per heavy atom. The molecule has 14 heteroatoms. The number of benzene rings is 2. The Morgan fingerprint density at radius 3 is 2.83 bits per heavy atom. The Morgan fingerprint density at radius 1 is 1.23 bits per heavy atom. The lowest BCUT2D eigenvalue weighted by atomic mass is 9.93. The second-order valence-corrected chi connectivity index (χ2v) is 13.1. The third-order valence-corrected chi connectivity index (χ3v) is 10.4. The number of fused-ring (bicyclic) bond motifs is 3. The molecule has 3 fully saturated rings. The second-order valence-electron chi connectivity index (χ2n) is 12.1. The number of anilines is 1. The number of halogens is 3. The average Bonchev–Trinajstić information content (AvgIpc) is 3.83. The fourth-order valence-corrected chi connectivity index (χ4v) is 8.10. The maximum Gasteiger partial charge on any atom is 0.320 e. The van der Waals surface area contributed by atoms with Gasteiger partial charge < -0.3 is 20.1 Å². The maximum atomic E-state index is 16.9. The van der Waals surface area contributed by atoms with Crippen LogP contribution in [0.3, 0.4) is 0 Å². The lowest BCUT2D eigenvalue weighted by molar-refractivity contribution is -0.125. The summed E-state index contributed by atoms with van der Waals surface area (Å²) in [7, 11) is 0. The molecule has 3 atom stereocenters. The SMILES string of the molecule is C=CC(=O)N1CCC(Oc2nc(OCC34CCCN3CC(F)C4)nc3c(F)c(-c4ccc(F)c5sc(N)c(C#N)c45)c(C#N)cc23)C1. The number of aromatic nitrogens is 2. The first-order chi connectivity index (χ1) is 22.7. The van der Waals surface area contributed by atoms with E-state index in [9.17, 15) is 24.1 Å². The Balaban J connectivity index is 1.37. The second kappa shape index (κ2) is 11.7. The average molecular weight is 660 g/mol. The molecule has 2 aromatic heterocycles. The van der Waals surface area contributed by atoms with Crippen molar-refractivity contribution >= 4 is 43.2 Å². The van der Waals surface area contributed by atoms with Crippen molar-refractivity contribution in [2.24, 2.45) is 0 Å². The number of rotatable bonds is 7. The number of hydrogen-bond acceptors (Lipinski definition) is 10. The van der Waals surface area contributed by atoms with Gasteiger partial charge in [-0.2, -0.15) is 20.5 Å². The summed E-state index contributed by atoms with van der Waals surface area (Å²) in [6.45, 7) is 5.32. The highest BCUT2D eigenvalue weighted by Crippen LogP contribution is 2.45. The molecule has 47 heavy (non-hydrogen) atoms. The first kappa shape index (κ1) is 30.7. The summed E-state index contributed by atoms with van der Waals surface area (Å²) in [4.78, 5) is 24.7. The van der Waals surface area contributed by atoms with E-state index in [2.05, 4.69) is 21.4 Å². The molecule has 7 rings (SSSR count). The molecule has 0 bridgehead atoms. The smallest absolute Gasteiger partial charge is 0.320 e. The zero-order valence-electron chi connectivity index (χ0n) is 25.1. The number of ether oxygens (including phenoxy) is 2. The molecule has 2 aromatic carbocycles. The molecule has 3 saturated heterocycles. The first-order valence-corrected chi connectivity index (χ1v) is 15.9. The third-order valence-electron chi connectivity index (χ3n) is 9.34. The van der Waals surface area contributed by atoms with E-state index in [0.717, 1.165) is 36.8 Å². The van der Waals surface area contributed by atoms with Gasteiger partial charge in [0, 0.05) is 36.9 Å². The van der Waals surface area contributed by atoms with Crippen LogP contribution in [0.25, 0.3) is 32.1 Å². The molecule has 0 saturated carbocycles. The topological polar surface area (TPSA) is 141 Å². The van der Waals surface area contributed by atoms with Gasteiger partial charge >= 0.3 is 6.01 Å². The summed E-state index contributed by atoms with van der Waals surface area (Å²) in [6, 6.07) is 7.60. The summed E-state index contributed by atoms with van der Waals surface area (Å²) in [5.41, 5.74) is 5.00. The lowest BCUT2D eigenvalue weighted by Gasteiger charge is -2.30. The van der Waals surface area contributed by atoms with E-state index < -0.39 is 29.4 Å². The molecule has 2 N–H and O–H groups in total. The molecule has 240 valence electrons. The first-order valence-electron chi connectivity index (χ1n) is 15.1. The van der Waals surface area contributed by atoms with Gasteiger partial charge in [-0.3, -0.25) is 9.69 Å². The minimum absolute atomic E-state index is 0.0263. The molecule has 4 aromatic rings. The Bertz CT molecular complexity index is 2060.